The normalized spacial score (nSPS) is 21.9. The average Bonchev–Trinajstić information content (AvgIpc) is 3.22. The Balaban J connectivity index is 1.21. The van der Waals surface area contributed by atoms with E-state index in [2.05, 4.69) is 0 Å². The highest BCUT2D eigenvalue weighted by Crippen LogP contribution is 2.23. The van der Waals surface area contributed by atoms with Crippen LogP contribution >= 0.6 is 0 Å². The van der Waals surface area contributed by atoms with E-state index in [9.17, 15) is 0 Å². The molecule has 3 heterocycles. The smallest absolute Gasteiger partial charge is 0.157 e. The van der Waals surface area contributed by atoms with Gasteiger partial charge in [0.15, 0.2) is 18.9 Å². The van der Waals surface area contributed by atoms with E-state index >= 15 is 0 Å². The molecule has 3 unspecified atom stereocenters. The van der Waals surface area contributed by atoms with E-state index < -0.39 is 5.41 Å². The van der Waals surface area contributed by atoms with Crippen LogP contribution in [0.5, 0.6) is 5.75 Å². The van der Waals surface area contributed by atoms with Gasteiger partial charge in [-0.3, -0.25) is 0 Å². The summed E-state index contributed by atoms with van der Waals surface area (Å²) < 4.78 is 81.8. The van der Waals surface area contributed by atoms with Crippen LogP contribution in [0.15, 0.2) is 24.3 Å². The second kappa shape index (κ2) is 29.7. The summed E-state index contributed by atoms with van der Waals surface area (Å²) in [6.07, 6.45) is 9.11. The zero-order valence-corrected chi connectivity index (χ0v) is 32.8. The van der Waals surface area contributed by atoms with Gasteiger partial charge in [0.2, 0.25) is 0 Å². The summed E-state index contributed by atoms with van der Waals surface area (Å²) in [5.74, 6) is 0.798. The van der Waals surface area contributed by atoms with E-state index in [1.165, 1.54) is 0 Å². The standard InChI is InChI=1S/C40H68O14/c1-41-36-13-11-35(12-14-36)30-48-34-40(31-45-21-18-42-24-27-52-37-8-2-5-15-49-37,32-46-22-19-43-25-28-53-38-9-3-6-16-50-38)33-47-23-20-44-26-29-54-39-10-4-7-17-51-39/h11-14,37-39H,2-10,15-34H2,1H3. The van der Waals surface area contributed by atoms with Gasteiger partial charge in [0.05, 0.1) is 125 Å². The minimum Gasteiger partial charge on any atom is -0.497 e. The summed E-state index contributed by atoms with van der Waals surface area (Å²) in [5, 5.41) is 0. The molecular weight excluding hydrogens is 704 g/mol. The molecule has 3 aliphatic rings. The van der Waals surface area contributed by atoms with E-state index in [0.717, 1.165) is 88.9 Å². The zero-order valence-electron chi connectivity index (χ0n) is 32.8. The largest absolute Gasteiger partial charge is 0.497 e. The SMILES string of the molecule is COc1ccc(COCC(COCCOCCOC2CCCCO2)(COCCOCCOC2CCCCO2)COCCOCCOC2CCCCO2)cc1. The fraction of sp³-hybridized carbons (Fsp3) is 0.850. The minimum atomic E-state index is -0.600. The predicted molar refractivity (Wildman–Crippen MR) is 199 cm³/mol. The van der Waals surface area contributed by atoms with Crippen molar-refractivity contribution in [1.82, 2.24) is 0 Å². The van der Waals surface area contributed by atoms with Crippen LogP contribution in [0.4, 0.5) is 0 Å². The number of hydrogen-bond donors (Lipinski definition) is 0. The minimum absolute atomic E-state index is 0.123. The quantitative estimate of drug-likeness (QED) is 0.0919. The molecule has 4 rings (SSSR count). The summed E-state index contributed by atoms with van der Waals surface area (Å²) >= 11 is 0. The fourth-order valence-electron chi connectivity index (χ4n) is 6.13. The molecule has 0 amide bonds. The lowest BCUT2D eigenvalue weighted by Crippen LogP contribution is -2.42. The van der Waals surface area contributed by atoms with Crippen molar-refractivity contribution in [1.29, 1.82) is 0 Å². The third kappa shape index (κ3) is 20.6. The third-order valence-corrected chi connectivity index (χ3v) is 9.18. The molecule has 14 heteroatoms. The molecule has 312 valence electrons. The Morgan fingerprint density at radius 1 is 0.463 bits per heavy atom. The Labute approximate surface area is 322 Å². The molecule has 3 fully saturated rings. The molecule has 0 aliphatic carbocycles. The second-order valence-corrected chi connectivity index (χ2v) is 13.8. The highest BCUT2D eigenvalue weighted by molar-refractivity contribution is 5.26. The van der Waals surface area contributed by atoms with Crippen LogP contribution in [0.2, 0.25) is 0 Å². The lowest BCUT2D eigenvalue weighted by atomic mass is 9.92. The molecule has 1 aromatic carbocycles. The molecule has 1 aromatic rings. The predicted octanol–water partition coefficient (Wildman–Crippen LogP) is 4.93. The molecule has 0 saturated carbocycles. The molecular formula is C40H68O14. The zero-order chi connectivity index (χ0) is 37.6. The van der Waals surface area contributed by atoms with E-state index in [1.54, 1.807) is 7.11 Å². The first-order valence-corrected chi connectivity index (χ1v) is 20.1. The van der Waals surface area contributed by atoms with Crippen molar-refractivity contribution < 1.29 is 66.3 Å². The van der Waals surface area contributed by atoms with Crippen LogP contribution in [0.25, 0.3) is 0 Å². The second-order valence-electron chi connectivity index (χ2n) is 13.8. The first-order valence-electron chi connectivity index (χ1n) is 20.1. The van der Waals surface area contributed by atoms with Crippen LogP contribution in [-0.4, -0.2) is 152 Å². The van der Waals surface area contributed by atoms with Crippen LogP contribution < -0.4 is 4.74 Å². The van der Waals surface area contributed by atoms with Gasteiger partial charge in [0.1, 0.15) is 5.75 Å². The van der Waals surface area contributed by atoms with Crippen molar-refractivity contribution in [2.75, 3.05) is 133 Å². The van der Waals surface area contributed by atoms with E-state index in [0.29, 0.717) is 112 Å². The van der Waals surface area contributed by atoms with Gasteiger partial charge in [0, 0.05) is 19.8 Å². The van der Waals surface area contributed by atoms with Gasteiger partial charge < -0.3 is 66.3 Å². The van der Waals surface area contributed by atoms with Gasteiger partial charge in [-0.05, 0) is 75.5 Å². The van der Waals surface area contributed by atoms with Crippen molar-refractivity contribution in [3.63, 3.8) is 0 Å². The first-order chi connectivity index (χ1) is 26.7. The topological polar surface area (TPSA) is 129 Å². The number of hydrogen-bond acceptors (Lipinski definition) is 14. The van der Waals surface area contributed by atoms with Crippen LogP contribution in [0.3, 0.4) is 0 Å². The molecule has 3 atom stereocenters. The first kappa shape index (κ1) is 45.2. The molecule has 14 nitrogen and oxygen atoms in total. The molecule has 0 radical (unpaired) electrons. The van der Waals surface area contributed by atoms with Crippen LogP contribution in [0, 0.1) is 5.41 Å². The lowest BCUT2D eigenvalue weighted by molar-refractivity contribution is -0.171. The Morgan fingerprint density at radius 3 is 1.20 bits per heavy atom. The maximum Gasteiger partial charge on any atom is 0.157 e. The number of methoxy groups -OCH3 is 1. The van der Waals surface area contributed by atoms with Gasteiger partial charge in [-0.2, -0.15) is 0 Å². The maximum atomic E-state index is 6.30. The van der Waals surface area contributed by atoms with E-state index in [4.69, 9.17) is 66.3 Å². The molecule has 0 aromatic heterocycles. The Kier molecular flexibility index (Phi) is 24.9. The highest BCUT2D eigenvalue weighted by atomic mass is 16.7. The summed E-state index contributed by atoms with van der Waals surface area (Å²) in [5.41, 5.74) is 0.432. The van der Waals surface area contributed by atoms with Gasteiger partial charge in [-0.25, -0.2) is 0 Å². The van der Waals surface area contributed by atoms with Crippen molar-refractivity contribution in [3.8, 4) is 5.75 Å². The fourth-order valence-corrected chi connectivity index (χ4v) is 6.13. The van der Waals surface area contributed by atoms with E-state index in [1.807, 2.05) is 24.3 Å². The van der Waals surface area contributed by atoms with Crippen molar-refractivity contribution >= 4 is 0 Å². The molecule has 54 heavy (non-hydrogen) atoms. The maximum absolute atomic E-state index is 6.30. The molecule has 0 spiro atoms. The molecule has 3 saturated heterocycles. The summed E-state index contributed by atoms with van der Waals surface area (Å²) in [7, 11) is 1.65. The van der Waals surface area contributed by atoms with Crippen molar-refractivity contribution in [2.45, 2.75) is 83.3 Å². The van der Waals surface area contributed by atoms with Gasteiger partial charge in [-0.15, -0.1) is 0 Å². The number of benzene rings is 1. The highest BCUT2D eigenvalue weighted by Gasteiger charge is 2.33. The van der Waals surface area contributed by atoms with Gasteiger partial charge >= 0.3 is 0 Å². The Morgan fingerprint density at radius 2 is 0.833 bits per heavy atom. The summed E-state index contributed by atoms with van der Waals surface area (Å²) in [6.45, 7) is 9.48. The summed E-state index contributed by atoms with van der Waals surface area (Å²) in [4.78, 5) is 0. The molecule has 0 N–H and O–H groups in total. The summed E-state index contributed by atoms with van der Waals surface area (Å²) in [6, 6.07) is 7.84. The van der Waals surface area contributed by atoms with Gasteiger partial charge in [0.25, 0.3) is 0 Å². The number of ether oxygens (including phenoxy) is 14. The third-order valence-electron chi connectivity index (χ3n) is 9.18. The van der Waals surface area contributed by atoms with Crippen molar-refractivity contribution in [2.24, 2.45) is 5.41 Å². The monoisotopic (exact) mass is 772 g/mol. The average molecular weight is 773 g/mol. The molecule has 3 aliphatic heterocycles. The van der Waals surface area contributed by atoms with E-state index in [-0.39, 0.29) is 18.9 Å². The van der Waals surface area contributed by atoms with Gasteiger partial charge in [-0.1, -0.05) is 12.1 Å². The molecule has 0 bridgehead atoms. The van der Waals surface area contributed by atoms with Crippen LogP contribution in [-0.2, 0) is 68.2 Å². The number of rotatable bonds is 32. The Bertz CT molecular complexity index is 915. The van der Waals surface area contributed by atoms with Crippen molar-refractivity contribution in [3.05, 3.63) is 29.8 Å². The lowest BCUT2D eigenvalue weighted by Gasteiger charge is -2.33. The Hall–Kier alpha value is -1.50. The van der Waals surface area contributed by atoms with Crippen LogP contribution in [0.1, 0.15) is 63.4 Å².